The maximum Gasteiger partial charge on any atom is 0.331 e. The smallest absolute Gasteiger partial charge is 0.331 e. The number of rotatable bonds is 4. The standard InChI is InChI=1S/C12H14O5/c1-7(12(14)15)4-8-5-9(13)11(17-3)10(6-8)16-2/h4-6,13H,1-3H3,(H,14,15)/b7-4+. The monoisotopic (exact) mass is 238 g/mol. The van der Waals surface area contributed by atoms with E-state index in [1.807, 2.05) is 0 Å². The van der Waals surface area contributed by atoms with Gasteiger partial charge in [0, 0.05) is 5.57 Å². The van der Waals surface area contributed by atoms with Gasteiger partial charge in [-0.1, -0.05) is 0 Å². The number of hydrogen-bond acceptors (Lipinski definition) is 4. The first kappa shape index (κ1) is 12.9. The summed E-state index contributed by atoms with van der Waals surface area (Å²) in [6.07, 6.45) is 1.43. The Morgan fingerprint density at radius 3 is 2.41 bits per heavy atom. The molecule has 0 atom stereocenters. The van der Waals surface area contributed by atoms with Crippen LogP contribution in [0, 0.1) is 0 Å². The number of methoxy groups -OCH3 is 2. The summed E-state index contributed by atoms with van der Waals surface area (Å²) < 4.78 is 10.0. The summed E-state index contributed by atoms with van der Waals surface area (Å²) >= 11 is 0. The van der Waals surface area contributed by atoms with Gasteiger partial charge in [-0.15, -0.1) is 0 Å². The number of phenolic OH excluding ortho intramolecular Hbond substituents is 1. The molecule has 1 rings (SSSR count). The normalized spacial score (nSPS) is 11.1. The number of carbonyl (C=O) groups is 1. The maximum atomic E-state index is 10.7. The Kier molecular flexibility index (Phi) is 3.98. The van der Waals surface area contributed by atoms with Crippen LogP contribution in [0.15, 0.2) is 17.7 Å². The van der Waals surface area contributed by atoms with Gasteiger partial charge in [-0.05, 0) is 30.7 Å². The SMILES string of the molecule is COc1cc(/C=C(\C)C(=O)O)cc(O)c1OC. The van der Waals surface area contributed by atoms with Crippen molar-refractivity contribution in [3.05, 3.63) is 23.3 Å². The van der Waals surface area contributed by atoms with Crippen LogP contribution in [0.1, 0.15) is 12.5 Å². The molecule has 0 heterocycles. The van der Waals surface area contributed by atoms with E-state index in [0.29, 0.717) is 11.3 Å². The molecule has 0 bridgehead atoms. The third kappa shape index (κ3) is 2.90. The molecule has 0 fully saturated rings. The lowest BCUT2D eigenvalue weighted by Crippen LogP contribution is -1.96. The van der Waals surface area contributed by atoms with E-state index in [2.05, 4.69) is 0 Å². The molecule has 92 valence electrons. The Bertz CT molecular complexity index is 462. The lowest BCUT2D eigenvalue weighted by Gasteiger charge is -2.10. The van der Waals surface area contributed by atoms with Crippen LogP contribution in [0.2, 0.25) is 0 Å². The van der Waals surface area contributed by atoms with Crippen molar-refractivity contribution < 1.29 is 24.5 Å². The van der Waals surface area contributed by atoms with Crippen LogP contribution in [-0.2, 0) is 4.79 Å². The fourth-order valence-electron chi connectivity index (χ4n) is 1.36. The highest BCUT2D eigenvalue weighted by atomic mass is 16.5. The molecule has 0 aliphatic heterocycles. The first-order valence-electron chi connectivity index (χ1n) is 4.86. The summed E-state index contributed by atoms with van der Waals surface area (Å²) in [6.45, 7) is 1.47. The van der Waals surface area contributed by atoms with Crippen molar-refractivity contribution >= 4 is 12.0 Å². The van der Waals surface area contributed by atoms with E-state index in [1.165, 1.54) is 33.3 Å². The predicted octanol–water partition coefficient (Wildman–Crippen LogP) is 1.90. The Morgan fingerprint density at radius 2 is 1.94 bits per heavy atom. The molecule has 0 amide bonds. The molecule has 17 heavy (non-hydrogen) atoms. The number of benzene rings is 1. The van der Waals surface area contributed by atoms with Crippen LogP contribution in [0.5, 0.6) is 17.2 Å². The van der Waals surface area contributed by atoms with Gasteiger partial charge in [0.05, 0.1) is 14.2 Å². The first-order valence-corrected chi connectivity index (χ1v) is 4.86. The lowest BCUT2D eigenvalue weighted by atomic mass is 10.1. The number of phenols is 1. The largest absolute Gasteiger partial charge is 0.504 e. The van der Waals surface area contributed by atoms with Gasteiger partial charge in [0.1, 0.15) is 0 Å². The van der Waals surface area contributed by atoms with Gasteiger partial charge in [0.25, 0.3) is 0 Å². The zero-order chi connectivity index (χ0) is 13.0. The number of carboxylic acids is 1. The molecule has 0 aliphatic rings. The zero-order valence-electron chi connectivity index (χ0n) is 9.85. The molecular formula is C12H14O5. The molecule has 5 heteroatoms. The molecular weight excluding hydrogens is 224 g/mol. The summed E-state index contributed by atoms with van der Waals surface area (Å²) in [6, 6.07) is 3.00. The highest BCUT2D eigenvalue weighted by Crippen LogP contribution is 2.37. The molecule has 0 saturated heterocycles. The number of hydrogen-bond donors (Lipinski definition) is 2. The second kappa shape index (κ2) is 5.25. The van der Waals surface area contributed by atoms with Crippen molar-refractivity contribution in [1.29, 1.82) is 0 Å². The summed E-state index contributed by atoms with van der Waals surface area (Å²) in [7, 11) is 2.85. The van der Waals surface area contributed by atoms with Crippen LogP contribution in [0.25, 0.3) is 6.08 Å². The van der Waals surface area contributed by atoms with Crippen LogP contribution in [0.4, 0.5) is 0 Å². The Labute approximate surface area is 98.9 Å². The molecule has 0 aromatic heterocycles. The van der Waals surface area contributed by atoms with Gasteiger partial charge < -0.3 is 19.7 Å². The Hall–Kier alpha value is -2.17. The summed E-state index contributed by atoms with van der Waals surface area (Å²) in [4.78, 5) is 10.7. The van der Waals surface area contributed by atoms with Gasteiger partial charge in [0.2, 0.25) is 5.75 Å². The zero-order valence-corrected chi connectivity index (χ0v) is 9.85. The number of aromatic hydroxyl groups is 1. The Morgan fingerprint density at radius 1 is 1.29 bits per heavy atom. The van der Waals surface area contributed by atoms with Crippen molar-refractivity contribution in [2.45, 2.75) is 6.92 Å². The topological polar surface area (TPSA) is 76.0 Å². The van der Waals surface area contributed by atoms with E-state index >= 15 is 0 Å². The molecule has 0 radical (unpaired) electrons. The predicted molar refractivity (Wildman–Crippen MR) is 62.5 cm³/mol. The third-order valence-corrected chi connectivity index (χ3v) is 2.20. The minimum atomic E-state index is -1.01. The number of carboxylic acid groups (broad SMARTS) is 1. The third-order valence-electron chi connectivity index (χ3n) is 2.20. The minimum absolute atomic E-state index is 0.101. The van der Waals surface area contributed by atoms with Gasteiger partial charge in [0.15, 0.2) is 11.5 Å². The van der Waals surface area contributed by atoms with Crippen molar-refractivity contribution in [3.63, 3.8) is 0 Å². The molecule has 0 unspecified atom stereocenters. The Balaban J connectivity index is 3.25. The van der Waals surface area contributed by atoms with Gasteiger partial charge in [-0.25, -0.2) is 4.79 Å². The second-order valence-electron chi connectivity index (χ2n) is 3.41. The van der Waals surface area contributed by atoms with Crippen molar-refractivity contribution in [2.75, 3.05) is 14.2 Å². The van der Waals surface area contributed by atoms with Gasteiger partial charge in [-0.3, -0.25) is 0 Å². The average molecular weight is 238 g/mol. The highest BCUT2D eigenvalue weighted by Gasteiger charge is 2.11. The molecule has 5 nitrogen and oxygen atoms in total. The average Bonchev–Trinajstić information content (AvgIpc) is 2.27. The van der Waals surface area contributed by atoms with E-state index in [0.717, 1.165) is 0 Å². The summed E-state index contributed by atoms with van der Waals surface area (Å²) in [5, 5.41) is 18.4. The van der Waals surface area contributed by atoms with E-state index in [-0.39, 0.29) is 17.1 Å². The van der Waals surface area contributed by atoms with Gasteiger partial charge >= 0.3 is 5.97 Å². The molecule has 0 saturated carbocycles. The number of ether oxygens (including phenoxy) is 2. The molecule has 1 aromatic rings. The highest BCUT2D eigenvalue weighted by molar-refractivity contribution is 5.91. The van der Waals surface area contributed by atoms with E-state index < -0.39 is 5.97 Å². The van der Waals surface area contributed by atoms with Crippen LogP contribution in [0.3, 0.4) is 0 Å². The van der Waals surface area contributed by atoms with E-state index in [9.17, 15) is 9.90 Å². The molecule has 2 N–H and O–H groups in total. The fourth-order valence-corrected chi connectivity index (χ4v) is 1.36. The van der Waals surface area contributed by atoms with Gasteiger partial charge in [-0.2, -0.15) is 0 Å². The van der Waals surface area contributed by atoms with Crippen molar-refractivity contribution in [1.82, 2.24) is 0 Å². The first-order chi connectivity index (χ1) is 7.99. The summed E-state index contributed by atoms with van der Waals surface area (Å²) in [5.74, 6) is -0.551. The van der Waals surface area contributed by atoms with Crippen molar-refractivity contribution in [3.8, 4) is 17.2 Å². The molecule has 1 aromatic carbocycles. The quantitative estimate of drug-likeness (QED) is 0.783. The van der Waals surface area contributed by atoms with Crippen LogP contribution in [-0.4, -0.2) is 30.4 Å². The molecule has 0 aliphatic carbocycles. The second-order valence-corrected chi connectivity index (χ2v) is 3.41. The van der Waals surface area contributed by atoms with E-state index in [4.69, 9.17) is 14.6 Å². The maximum absolute atomic E-state index is 10.7. The summed E-state index contributed by atoms with van der Waals surface area (Å²) in [5.41, 5.74) is 0.691. The fraction of sp³-hybridized carbons (Fsp3) is 0.250. The molecule has 0 spiro atoms. The van der Waals surface area contributed by atoms with Crippen molar-refractivity contribution in [2.24, 2.45) is 0 Å². The number of aliphatic carboxylic acids is 1. The van der Waals surface area contributed by atoms with E-state index in [1.54, 1.807) is 6.07 Å². The van der Waals surface area contributed by atoms with Crippen LogP contribution >= 0.6 is 0 Å². The minimum Gasteiger partial charge on any atom is -0.504 e. The van der Waals surface area contributed by atoms with Crippen LogP contribution < -0.4 is 9.47 Å². The lowest BCUT2D eigenvalue weighted by molar-refractivity contribution is -0.132.